The highest BCUT2D eigenvalue weighted by Gasteiger charge is 2.07. The second-order valence-electron chi connectivity index (χ2n) is 5.63. The van der Waals surface area contributed by atoms with E-state index in [1.54, 1.807) is 0 Å². The molecule has 2 aromatic rings. The molecule has 0 saturated carbocycles. The minimum absolute atomic E-state index is 0.668. The van der Waals surface area contributed by atoms with Crippen LogP contribution in [0, 0.1) is 5.92 Å². The second-order valence-corrected chi connectivity index (χ2v) is 6.07. The first kappa shape index (κ1) is 15.1. The maximum atomic E-state index is 6.17. The van der Waals surface area contributed by atoms with Gasteiger partial charge in [-0.2, -0.15) is 0 Å². The van der Waals surface area contributed by atoms with Gasteiger partial charge in [0.05, 0.1) is 0 Å². The molecule has 0 radical (unpaired) electrons. The zero-order chi connectivity index (χ0) is 14.5. The Kier molecular flexibility index (Phi) is 5.22. The summed E-state index contributed by atoms with van der Waals surface area (Å²) in [6.07, 6.45) is 1.11. The van der Waals surface area contributed by atoms with Crippen LogP contribution in [-0.2, 0) is 13.0 Å². The largest absolute Gasteiger partial charge is 0.316 e. The van der Waals surface area contributed by atoms with E-state index in [0.29, 0.717) is 5.92 Å². The summed E-state index contributed by atoms with van der Waals surface area (Å²) in [5, 5.41) is 4.00. The molecule has 0 unspecified atom stereocenters. The first-order valence-corrected chi connectivity index (χ1v) is 7.50. The Morgan fingerprint density at radius 3 is 2.60 bits per heavy atom. The first-order chi connectivity index (χ1) is 9.60. The smallest absolute Gasteiger partial charge is 0.0412 e. The van der Waals surface area contributed by atoms with Crippen molar-refractivity contribution in [2.75, 3.05) is 7.05 Å². The van der Waals surface area contributed by atoms with Gasteiger partial charge in [-0.1, -0.05) is 55.8 Å². The van der Waals surface area contributed by atoms with Crippen molar-refractivity contribution in [2.45, 2.75) is 26.8 Å². The monoisotopic (exact) mass is 287 g/mol. The van der Waals surface area contributed by atoms with Crippen LogP contribution in [0.25, 0.3) is 11.1 Å². The van der Waals surface area contributed by atoms with Crippen molar-refractivity contribution in [1.29, 1.82) is 0 Å². The van der Waals surface area contributed by atoms with E-state index in [1.807, 2.05) is 13.1 Å². The van der Waals surface area contributed by atoms with Gasteiger partial charge in [-0.25, -0.2) is 0 Å². The van der Waals surface area contributed by atoms with E-state index in [-0.39, 0.29) is 0 Å². The predicted octanol–water partition coefficient (Wildman–Crippen LogP) is 4.92. The van der Waals surface area contributed by atoms with E-state index in [9.17, 15) is 0 Å². The van der Waals surface area contributed by atoms with Crippen molar-refractivity contribution in [1.82, 2.24) is 5.32 Å². The SMILES string of the molecule is CNCc1ccc(Cl)cc1-c1cccc(CC(C)C)c1. The van der Waals surface area contributed by atoms with Crippen molar-refractivity contribution >= 4 is 11.6 Å². The highest BCUT2D eigenvalue weighted by Crippen LogP contribution is 2.28. The summed E-state index contributed by atoms with van der Waals surface area (Å²) < 4.78 is 0. The Labute approximate surface area is 127 Å². The van der Waals surface area contributed by atoms with Crippen LogP contribution in [0.5, 0.6) is 0 Å². The lowest BCUT2D eigenvalue weighted by atomic mass is 9.95. The summed E-state index contributed by atoms with van der Waals surface area (Å²) in [6.45, 7) is 5.35. The highest BCUT2D eigenvalue weighted by molar-refractivity contribution is 6.30. The average molecular weight is 288 g/mol. The number of rotatable bonds is 5. The maximum absolute atomic E-state index is 6.17. The van der Waals surface area contributed by atoms with Crippen LogP contribution < -0.4 is 5.32 Å². The molecule has 0 aliphatic rings. The molecule has 0 atom stereocenters. The van der Waals surface area contributed by atoms with Gasteiger partial charge in [-0.3, -0.25) is 0 Å². The third kappa shape index (κ3) is 3.84. The molecule has 0 heterocycles. The summed E-state index contributed by atoms with van der Waals surface area (Å²) in [7, 11) is 1.97. The molecule has 0 amide bonds. The standard InChI is InChI=1S/C18H22ClN/c1-13(2)9-14-5-4-6-15(10-14)18-11-17(19)8-7-16(18)12-20-3/h4-8,10-11,13,20H,9,12H2,1-3H3. The van der Waals surface area contributed by atoms with Gasteiger partial charge in [0.2, 0.25) is 0 Å². The first-order valence-electron chi connectivity index (χ1n) is 7.12. The van der Waals surface area contributed by atoms with E-state index in [4.69, 9.17) is 11.6 Å². The molecule has 0 aliphatic heterocycles. The maximum Gasteiger partial charge on any atom is 0.0412 e. The van der Waals surface area contributed by atoms with E-state index in [0.717, 1.165) is 18.0 Å². The highest BCUT2D eigenvalue weighted by atomic mass is 35.5. The minimum Gasteiger partial charge on any atom is -0.316 e. The Balaban J connectivity index is 2.42. The summed E-state index contributed by atoms with van der Waals surface area (Å²) in [4.78, 5) is 0. The molecule has 1 nitrogen and oxygen atoms in total. The molecule has 2 rings (SSSR count). The lowest BCUT2D eigenvalue weighted by molar-refractivity contribution is 0.647. The lowest BCUT2D eigenvalue weighted by Crippen LogP contribution is -2.06. The lowest BCUT2D eigenvalue weighted by Gasteiger charge is -2.12. The molecular weight excluding hydrogens is 266 g/mol. The van der Waals surface area contributed by atoms with Crippen LogP contribution in [0.1, 0.15) is 25.0 Å². The average Bonchev–Trinajstić information content (AvgIpc) is 2.40. The Bertz CT molecular complexity index is 575. The van der Waals surface area contributed by atoms with E-state index >= 15 is 0 Å². The molecule has 0 aromatic heterocycles. The van der Waals surface area contributed by atoms with Gasteiger partial charge in [-0.15, -0.1) is 0 Å². The number of halogens is 1. The minimum atomic E-state index is 0.668. The van der Waals surface area contributed by atoms with Crippen molar-refractivity contribution in [2.24, 2.45) is 5.92 Å². The zero-order valence-electron chi connectivity index (χ0n) is 12.4. The van der Waals surface area contributed by atoms with Crippen molar-refractivity contribution in [3.63, 3.8) is 0 Å². The van der Waals surface area contributed by atoms with E-state index < -0.39 is 0 Å². The molecule has 0 bridgehead atoms. The Morgan fingerprint density at radius 1 is 1.10 bits per heavy atom. The predicted molar refractivity (Wildman–Crippen MR) is 88.2 cm³/mol. The van der Waals surface area contributed by atoms with Crippen LogP contribution in [0.3, 0.4) is 0 Å². The molecule has 0 spiro atoms. The number of nitrogens with one attached hydrogen (secondary N) is 1. The summed E-state index contributed by atoms with van der Waals surface area (Å²) in [5.74, 6) is 0.668. The van der Waals surface area contributed by atoms with Crippen LogP contribution in [0.4, 0.5) is 0 Å². The molecule has 1 N–H and O–H groups in total. The fourth-order valence-electron chi connectivity index (χ4n) is 2.50. The van der Waals surface area contributed by atoms with Crippen molar-refractivity contribution < 1.29 is 0 Å². The molecule has 0 aliphatic carbocycles. The van der Waals surface area contributed by atoms with Gasteiger partial charge in [-0.05, 0) is 53.8 Å². The molecule has 106 valence electrons. The van der Waals surface area contributed by atoms with E-state index in [1.165, 1.54) is 22.3 Å². The van der Waals surface area contributed by atoms with Crippen molar-refractivity contribution in [3.8, 4) is 11.1 Å². The Morgan fingerprint density at radius 2 is 1.90 bits per heavy atom. The number of hydrogen-bond acceptors (Lipinski definition) is 1. The van der Waals surface area contributed by atoms with Crippen LogP contribution in [-0.4, -0.2) is 7.05 Å². The molecule has 20 heavy (non-hydrogen) atoms. The van der Waals surface area contributed by atoms with Gasteiger partial charge in [0.1, 0.15) is 0 Å². The van der Waals surface area contributed by atoms with Gasteiger partial charge in [0.25, 0.3) is 0 Å². The third-order valence-electron chi connectivity index (χ3n) is 3.32. The zero-order valence-corrected chi connectivity index (χ0v) is 13.2. The molecule has 0 saturated heterocycles. The normalized spacial score (nSPS) is 11.1. The number of benzene rings is 2. The third-order valence-corrected chi connectivity index (χ3v) is 3.56. The number of hydrogen-bond donors (Lipinski definition) is 1. The van der Waals surface area contributed by atoms with Crippen LogP contribution in [0.2, 0.25) is 5.02 Å². The summed E-state index contributed by atoms with van der Waals surface area (Å²) >= 11 is 6.17. The summed E-state index contributed by atoms with van der Waals surface area (Å²) in [5.41, 5.74) is 5.12. The topological polar surface area (TPSA) is 12.0 Å². The van der Waals surface area contributed by atoms with Gasteiger partial charge < -0.3 is 5.32 Å². The molecule has 0 fully saturated rings. The van der Waals surface area contributed by atoms with E-state index in [2.05, 4.69) is 55.6 Å². The van der Waals surface area contributed by atoms with Gasteiger partial charge in [0, 0.05) is 11.6 Å². The van der Waals surface area contributed by atoms with Crippen LogP contribution in [0.15, 0.2) is 42.5 Å². The fourth-order valence-corrected chi connectivity index (χ4v) is 2.67. The van der Waals surface area contributed by atoms with Crippen molar-refractivity contribution in [3.05, 3.63) is 58.6 Å². The summed E-state index contributed by atoms with van der Waals surface area (Å²) in [6, 6.07) is 14.9. The molecule has 2 heteroatoms. The van der Waals surface area contributed by atoms with Gasteiger partial charge in [0.15, 0.2) is 0 Å². The molecular formula is C18H22ClN. The molecule has 2 aromatic carbocycles. The van der Waals surface area contributed by atoms with Crippen LogP contribution >= 0.6 is 11.6 Å². The fraction of sp³-hybridized carbons (Fsp3) is 0.333. The quantitative estimate of drug-likeness (QED) is 0.822. The van der Waals surface area contributed by atoms with Gasteiger partial charge >= 0.3 is 0 Å². The second kappa shape index (κ2) is 6.92. The Hall–Kier alpha value is -1.31.